The van der Waals surface area contributed by atoms with Crippen molar-refractivity contribution in [2.24, 2.45) is 0 Å². The number of esters is 2. The van der Waals surface area contributed by atoms with E-state index in [-0.39, 0.29) is 18.8 Å². The molecule has 0 spiro atoms. The molecule has 0 bridgehead atoms. The molecule has 3 aromatic rings. The van der Waals surface area contributed by atoms with Crippen LogP contribution in [0.1, 0.15) is 55.1 Å². The Morgan fingerprint density at radius 3 is 2.13 bits per heavy atom. The zero-order chi connectivity index (χ0) is 28.4. The predicted octanol–water partition coefficient (Wildman–Crippen LogP) is 6.91. The van der Waals surface area contributed by atoms with Crippen molar-refractivity contribution < 1.29 is 23.5 Å². The molecule has 39 heavy (non-hydrogen) atoms. The van der Waals surface area contributed by atoms with Gasteiger partial charge in [-0.1, -0.05) is 68.4 Å². The molecule has 0 aliphatic carbocycles. The van der Waals surface area contributed by atoms with Crippen molar-refractivity contribution in [3.05, 3.63) is 87.9 Å². The highest BCUT2D eigenvalue weighted by Gasteiger charge is 2.36. The molecule has 0 saturated heterocycles. The number of nitrogens with two attached hydrogens (primary N) is 1. The normalized spacial score (nSPS) is 12.7. The van der Waals surface area contributed by atoms with E-state index in [0.29, 0.717) is 35.1 Å². The SMILES string of the molecule is CCN(CC)Cc1cc(C(=O)OCCCCOC(=O)C(C)(F)c2ccc(-c3ccccc3)cc2)cc(Br)c1N. The van der Waals surface area contributed by atoms with Crippen molar-refractivity contribution in [3.8, 4) is 11.1 Å². The first-order chi connectivity index (χ1) is 18.7. The first-order valence-corrected chi connectivity index (χ1v) is 14.0. The molecule has 0 amide bonds. The number of nitrogens with zero attached hydrogens (tertiary/aromatic N) is 1. The second kappa shape index (κ2) is 14.2. The maximum Gasteiger partial charge on any atom is 0.348 e. The van der Waals surface area contributed by atoms with Crippen LogP contribution in [-0.2, 0) is 26.5 Å². The van der Waals surface area contributed by atoms with Gasteiger partial charge in [0.05, 0.1) is 24.5 Å². The Hall–Kier alpha value is -3.23. The van der Waals surface area contributed by atoms with E-state index in [1.165, 1.54) is 6.92 Å². The zero-order valence-corrected chi connectivity index (χ0v) is 24.3. The van der Waals surface area contributed by atoms with Crippen LogP contribution < -0.4 is 5.73 Å². The molecule has 2 N–H and O–H groups in total. The number of carbonyl (C=O) groups excluding carboxylic acids is 2. The van der Waals surface area contributed by atoms with Crippen molar-refractivity contribution in [2.75, 3.05) is 32.0 Å². The maximum atomic E-state index is 15.3. The Balaban J connectivity index is 1.45. The number of ether oxygens (including phenoxy) is 2. The number of nitrogen functional groups attached to an aromatic ring is 1. The van der Waals surface area contributed by atoms with Gasteiger partial charge in [0.1, 0.15) is 0 Å². The molecule has 6 nitrogen and oxygen atoms in total. The van der Waals surface area contributed by atoms with Crippen molar-refractivity contribution in [2.45, 2.75) is 45.8 Å². The number of unbranched alkanes of at least 4 members (excludes halogenated alkanes) is 1. The number of halogens is 2. The van der Waals surface area contributed by atoms with Gasteiger partial charge in [-0.3, -0.25) is 4.90 Å². The first kappa shape index (κ1) is 30.3. The van der Waals surface area contributed by atoms with Crippen molar-refractivity contribution in [3.63, 3.8) is 0 Å². The van der Waals surface area contributed by atoms with Gasteiger partial charge in [0.15, 0.2) is 0 Å². The lowest BCUT2D eigenvalue weighted by Crippen LogP contribution is -2.30. The molecule has 3 rings (SSSR count). The maximum absolute atomic E-state index is 15.3. The quantitative estimate of drug-likeness (QED) is 0.131. The molecule has 8 heteroatoms. The molecular formula is C31H36BrFN2O4. The van der Waals surface area contributed by atoms with Gasteiger partial charge in [-0.2, -0.15) is 0 Å². The Kier molecular flexibility index (Phi) is 11.1. The van der Waals surface area contributed by atoms with E-state index < -0.39 is 17.6 Å². The fraction of sp³-hybridized carbons (Fsp3) is 0.355. The minimum atomic E-state index is -2.27. The third-order valence-electron chi connectivity index (χ3n) is 6.66. The summed E-state index contributed by atoms with van der Waals surface area (Å²) in [5.74, 6) is -1.40. The van der Waals surface area contributed by atoms with Gasteiger partial charge in [0, 0.05) is 16.6 Å². The summed E-state index contributed by atoms with van der Waals surface area (Å²) in [6, 6.07) is 19.9. The second-order valence-electron chi connectivity index (χ2n) is 9.42. The van der Waals surface area contributed by atoms with E-state index in [4.69, 9.17) is 15.2 Å². The van der Waals surface area contributed by atoms with Crippen LogP contribution in [0.5, 0.6) is 0 Å². The topological polar surface area (TPSA) is 81.9 Å². The zero-order valence-electron chi connectivity index (χ0n) is 22.7. The Morgan fingerprint density at radius 2 is 1.51 bits per heavy atom. The van der Waals surface area contributed by atoms with Gasteiger partial charge in [0.2, 0.25) is 5.67 Å². The molecule has 0 aliphatic rings. The number of alkyl halides is 1. The number of hydrogen-bond donors (Lipinski definition) is 1. The number of benzene rings is 3. The molecule has 0 saturated carbocycles. The van der Waals surface area contributed by atoms with Gasteiger partial charge in [0.25, 0.3) is 0 Å². The molecule has 1 atom stereocenters. The van der Waals surface area contributed by atoms with Crippen LogP contribution in [0.15, 0.2) is 71.2 Å². The summed E-state index contributed by atoms with van der Waals surface area (Å²) in [6.07, 6.45) is 0.900. The van der Waals surface area contributed by atoms with Crippen LogP contribution in [0.4, 0.5) is 10.1 Å². The first-order valence-electron chi connectivity index (χ1n) is 13.2. The summed E-state index contributed by atoms with van der Waals surface area (Å²) in [5.41, 5.74) is 7.98. The van der Waals surface area contributed by atoms with Gasteiger partial charge in [-0.05, 0) is 77.6 Å². The average Bonchev–Trinajstić information content (AvgIpc) is 2.95. The monoisotopic (exact) mass is 598 g/mol. The summed E-state index contributed by atoms with van der Waals surface area (Å²) < 4.78 is 26.5. The highest BCUT2D eigenvalue weighted by molar-refractivity contribution is 9.10. The number of anilines is 1. The summed E-state index contributed by atoms with van der Waals surface area (Å²) in [6.45, 7) is 7.90. The van der Waals surface area contributed by atoms with E-state index in [1.54, 1.807) is 36.4 Å². The largest absolute Gasteiger partial charge is 0.463 e. The van der Waals surface area contributed by atoms with Crippen LogP contribution in [0, 0.1) is 0 Å². The third kappa shape index (κ3) is 8.13. The summed E-state index contributed by atoms with van der Waals surface area (Å²) in [7, 11) is 0. The molecule has 208 valence electrons. The van der Waals surface area contributed by atoms with Gasteiger partial charge < -0.3 is 15.2 Å². The highest BCUT2D eigenvalue weighted by Crippen LogP contribution is 2.30. The molecule has 0 heterocycles. The van der Waals surface area contributed by atoms with E-state index >= 15 is 4.39 Å². The van der Waals surface area contributed by atoms with E-state index in [1.807, 2.05) is 30.3 Å². The molecule has 1 unspecified atom stereocenters. The Bertz CT molecular complexity index is 1250. The fourth-order valence-corrected chi connectivity index (χ4v) is 4.59. The van der Waals surface area contributed by atoms with Crippen molar-refractivity contribution >= 4 is 33.6 Å². The van der Waals surface area contributed by atoms with Crippen LogP contribution >= 0.6 is 15.9 Å². The van der Waals surface area contributed by atoms with Gasteiger partial charge >= 0.3 is 11.9 Å². The van der Waals surface area contributed by atoms with Gasteiger partial charge in [-0.15, -0.1) is 0 Å². The van der Waals surface area contributed by atoms with E-state index in [9.17, 15) is 9.59 Å². The fourth-order valence-electron chi connectivity index (χ4n) is 4.09. The lowest BCUT2D eigenvalue weighted by Gasteiger charge is -2.20. The Morgan fingerprint density at radius 1 is 0.923 bits per heavy atom. The average molecular weight is 600 g/mol. The second-order valence-corrected chi connectivity index (χ2v) is 10.3. The third-order valence-corrected chi connectivity index (χ3v) is 7.32. The minimum absolute atomic E-state index is 0.0272. The van der Waals surface area contributed by atoms with E-state index in [2.05, 4.69) is 34.7 Å². The number of rotatable bonds is 13. The van der Waals surface area contributed by atoms with Crippen molar-refractivity contribution in [1.29, 1.82) is 0 Å². The molecule has 0 radical (unpaired) electrons. The molecule has 0 aromatic heterocycles. The standard InChI is InChI=1S/C31H36BrFN2O4/c1-4-35(5-2)21-25-19-24(20-27(32)28(25)34)29(36)38-17-9-10-18-39-30(37)31(3,33)26-15-13-23(14-16-26)22-11-7-6-8-12-22/h6-8,11-16,19-20H,4-5,9-10,17-18,21,34H2,1-3H3. The van der Waals surface area contributed by atoms with Crippen LogP contribution in [0.25, 0.3) is 11.1 Å². The van der Waals surface area contributed by atoms with E-state index in [0.717, 1.165) is 29.8 Å². The molecule has 3 aromatic carbocycles. The Labute approximate surface area is 238 Å². The van der Waals surface area contributed by atoms with Gasteiger partial charge in [-0.25, -0.2) is 14.0 Å². The summed E-state index contributed by atoms with van der Waals surface area (Å²) >= 11 is 3.43. The summed E-state index contributed by atoms with van der Waals surface area (Å²) in [4.78, 5) is 27.3. The molecule has 0 aliphatic heterocycles. The lowest BCUT2D eigenvalue weighted by atomic mass is 9.95. The lowest BCUT2D eigenvalue weighted by molar-refractivity contribution is -0.157. The smallest absolute Gasteiger partial charge is 0.348 e. The number of hydrogen-bond acceptors (Lipinski definition) is 6. The number of carbonyl (C=O) groups is 2. The van der Waals surface area contributed by atoms with Crippen LogP contribution in [0.2, 0.25) is 0 Å². The predicted molar refractivity (Wildman–Crippen MR) is 156 cm³/mol. The van der Waals surface area contributed by atoms with Crippen LogP contribution in [-0.4, -0.2) is 43.1 Å². The minimum Gasteiger partial charge on any atom is -0.463 e. The van der Waals surface area contributed by atoms with Crippen molar-refractivity contribution in [1.82, 2.24) is 4.90 Å². The van der Waals surface area contributed by atoms with Crippen LogP contribution in [0.3, 0.4) is 0 Å². The summed E-state index contributed by atoms with van der Waals surface area (Å²) in [5, 5.41) is 0. The highest BCUT2D eigenvalue weighted by atomic mass is 79.9. The molecular weight excluding hydrogens is 563 g/mol. The molecule has 0 fully saturated rings.